The monoisotopic (exact) mass is 397 g/mol. The van der Waals surface area contributed by atoms with Crippen LogP contribution in [0.1, 0.15) is 148 Å². The van der Waals surface area contributed by atoms with E-state index in [-0.39, 0.29) is 0 Å². The zero-order chi connectivity index (χ0) is 20.4. The van der Waals surface area contributed by atoms with Crippen LogP contribution in [0.3, 0.4) is 0 Å². The molecular weight excluding hydrogens is 342 g/mol. The maximum Gasteiger partial charge on any atom is 0.0431 e. The SMILES string of the molecule is CCCCCCCCNCCCCCCCCCCCCCCCCCCO. The van der Waals surface area contributed by atoms with Crippen molar-refractivity contribution in [3.8, 4) is 0 Å². The maximum absolute atomic E-state index is 8.74. The summed E-state index contributed by atoms with van der Waals surface area (Å²) in [7, 11) is 0. The van der Waals surface area contributed by atoms with Crippen molar-refractivity contribution in [2.24, 2.45) is 0 Å². The van der Waals surface area contributed by atoms with Gasteiger partial charge in [0, 0.05) is 6.61 Å². The van der Waals surface area contributed by atoms with Gasteiger partial charge in [0.1, 0.15) is 0 Å². The average Bonchev–Trinajstić information content (AvgIpc) is 2.71. The molecule has 0 spiro atoms. The number of unbranched alkanes of at least 4 members (excludes halogenated alkanes) is 20. The molecule has 0 saturated carbocycles. The number of rotatable bonds is 25. The van der Waals surface area contributed by atoms with Crippen LogP contribution in [-0.2, 0) is 0 Å². The van der Waals surface area contributed by atoms with Gasteiger partial charge in [-0.05, 0) is 32.4 Å². The lowest BCUT2D eigenvalue weighted by Gasteiger charge is -2.05. The zero-order valence-electron chi connectivity index (χ0n) is 19.6. The van der Waals surface area contributed by atoms with Crippen molar-refractivity contribution >= 4 is 0 Å². The van der Waals surface area contributed by atoms with Gasteiger partial charge in [-0.2, -0.15) is 0 Å². The van der Waals surface area contributed by atoms with Crippen molar-refractivity contribution in [3.63, 3.8) is 0 Å². The van der Waals surface area contributed by atoms with Gasteiger partial charge in [-0.25, -0.2) is 0 Å². The van der Waals surface area contributed by atoms with Crippen molar-refractivity contribution in [1.29, 1.82) is 0 Å². The molecular formula is C26H55NO. The lowest BCUT2D eigenvalue weighted by Crippen LogP contribution is -2.16. The number of nitrogens with one attached hydrogen (secondary N) is 1. The minimum Gasteiger partial charge on any atom is -0.396 e. The standard InChI is InChI=1S/C26H55NO/c1-2-3-4-5-18-21-24-27-25-22-19-16-14-12-10-8-6-7-9-11-13-15-17-20-23-26-28/h27-28H,2-26H2,1H3. The van der Waals surface area contributed by atoms with Gasteiger partial charge in [-0.3, -0.25) is 0 Å². The first-order chi connectivity index (χ1) is 13.9. The number of aliphatic hydroxyl groups is 1. The summed E-state index contributed by atoms with van der Waals surface area (Å²) in [6.45, 7) is 5.12. The molecule has 0 aromatic carbocycles. The summed E-state index contributed by atoms with van der Waals surface area (Å²) in [5.74, 6) is 0. The molecule has 0 aliphatic heterocycles. The summed E-state index contributed by atoms with van der Waals surface area (Å²) in [6, 6.07) is 0. The molecule has 0 bridgehead atoms. The molecule has 0 atom stereocenters. The summed E-state index contributed by atoms with van der Waals surface area (Å²) in [5, 5.41) is 12.4. The molecule has 0 aromatic rings. The Bertz CT molecular complexity index is 231. The molecule has 0 aromatic heterocycles. The summed E-state index contributed by atoms with van der Waals surface area (Å²) in [6.07, 6.45) is 30.5. The number of aliphatic hydroxyl groups excluding tert-OH is 1. The molecule has 0 aliphatic carbocycles. The second-order valence-electron chi connectivity index (χ2n) is 8.90. The van der Waals surface area contributed by atoms with E-state index in [0.717, 1.165) is 6.42 Å². The van der Waals surface area contributed by atoms with E-state index in [0.29, 0.717) is 6.61 Å². The Kier molecular flexibility index (Phi) is 26.8. The Balaban J connectivity index is 2.96. The Labute approximate surface area is 178 Å². The second kappa shape index (κ2) is 26.9. The average molecular weight is 398 g/mol. The first-order valence-electron chi connectivity index (χ1n) is 13.2. The van der Waals surface area contributed by atoms with Gasteiger partial charge in [0.15, 0.2) is 0 Å². The molecule has 2 N–H and O–H groups in total. The zero-order valence-corrected chi connectivity index (χ0v) is 19.6. The lowest BCUT2D eigenvalue weighted by atomic mass is 10.0. The van der Waals surface area contributed by atoms with Gasteiger partial charge in [-0.1, -0.05) is 129 Å². The van der Waals surface area contributed by atoms with E-state index in [4.69, 9.17) is 5.11 Å². The molecule has 28 heavy (non-hydrogen) atoms. The molecule has 2 nitrogen and oxygen atoms in total. The van der Waals surface area contributed by atoms with Crippen LogP contribution < -0.4 is 5.32 Å². The van der Waals surface area contributed by atoms with E-state index < -0.39 is 0 Å². The predicted octanol–water partition coefficient (Wildman–Crippen LogP) is 8.17. The van der Waals surface area contributed by atoms with Crippen LogP contribution in [0.15, 0.2) is 0 Å². The van der Waals surface area contributed by atoms with Gasteiger partial charge < -0.3 is 10.4 Å². The quantitative estimate of drug-likeness (QED) is 0.152. The molecule has 2 heteroatoms. The molecule has 170 valence electrons. The number of hydrogen-bond acceptors (Lipinski definition) is 2. The fourth-order valence-corrected chi connectivity index (χ4v) is 3.99. The highest BCUT2D eigenvalue weighted by Crippen LogP contribution is 2.13. The van der Waals surface area contributed by atoms with Crippen LogP contribution in [0, 0.1) is 0 Å². The van der Waals surface area contributed by atoms with E-state index in [2.05, 4.69) is 12.2 Å². The first-order valence-corrected chi connectivity index (χ1v) is 13.2. The molecule has 0 fully saturated rings. The van der Waals surface area contributed by atoms with Gasteiger partial charge in [0.2, 0.25) is 0 Å². The van der Waals surface area contributed by atoms with Gasteiger partial charge >= 0.3 is 0 Å². The lowest BCUT2D eigenvalue weighted by molar-refractivity contribution is 0.282. The fourth-order valence-electron chi connectivity index (χ4n) is 3.99. The first kappa shape index (κ1) is 27.9. The van der Waals surface area contributed by atoms with Crippen LogP contribution in [-0.4, -0.2) is 24.8 Å². The Morgan fingerprint density at radius 1 is 0.393 bits per heavy atom. The molecule has 0 amide bonds. The highest BCUT2D eigenvalue weighted by Gasteiger charge is 1.95. The summed E-state index contributed by atoms with van der Waals surface area (Å²) in [4.78, 5) is 0. The Hall–Kier alpha value is -0.0800. The van der Waals surface area contributed by atoms with E-state index in [1.807, 2.05) is 0 Å². The predicted molar refractivity (Wildman–Crippen MR) is 127 cm³/mol. The van der Waals surface area contributed by atoms with Crippen LogP contribution in [0.5, 0.6) is 0 Å². The van der Waals surface area contributed by atoms with Crippen molar-refractivity contribution in [2.45, 2.75) is 148 Å². The van der Waals surface area contributed by atoms with E-state index >= 15 is 0 Å². The number of hydrogen-bond donors (Lipinski definition) is 2. The molecule has 0 unspecified atom stereocenters. The molecule has 0 rings (SSSR count). The van der Waals surface area contributed by atoms with E-state index in [9.17, 15) is 0 Å². The van der Waals surface area contributed by atoms with Crippen molar-refractivity contribution in [2.75, 3.05) is 19.7 Å². The molecule has 0 radical (unpaired) electrons. The summed E-state index contributed by atoms with van der Waals surface area (Å²) < 4.78 is 0. The molecule has 0 aliphatic rings. The van der Waals surface area contributed by atoms with Crippen molar-refractivity contribution < 1.29 is 5.11 Å². The van der Waals surface area contributed by atoms with Gasteiger partial charge in [-0.15, -0.1) is 0 Å². The largest absolute Gasteiger partial charge is 0.396 e. The molecule has 0 saturated heterocycles. The topological polar surface area (TPSA) is 32.3 Å². The van der Waals surface area contributed by atoms with Crippen LogP contribution >= 0.6 is 0 Å². The normalized spacial score (nSPS) is 11.4. The third kappa shape index (κ3) is 25.9. The Morgan fingerprint density at radius 2 is 0.679 bits per heavy atom. The highest BCUT2D eigenvalue weighted by atomic mass is 16.2. The third-order valence-electron chi connectivity index (χ3n) is 5.97. The maximum atomic E-state index is 8.74. The smallest absolute Gasteiger partial charge is 0.0431 e. The van der Waals surface area contributed by atoms with Gasteiger partial charge in [0.25, 0.3) is 0 Å². The highest BCUT2D eigenvalue weighted by molar-refractivity contribution is 4.53. The van der Waals surface area contributed by atoms with Gasteiger partial charge in [0.05, 0.1) is 0 Å². The summed E-state index contributed by atoms with van der Waals surface area (Å²) in [5.41, 5.74) is 0. The summed E-state index contributed by atoms with van der Waals surface area (Å²) >= 11 is 0. The molecule has 0 heterocycles. The minimum atomic E-state index is 0.372. The van der Waals surface area contributed by atoms with Crippen molar-refractivity contribution in [1.82, 2.24) is 5.32 Å². The second-order valence-corrected chi connectivity index (χ2v) is 8.90. The fraction of sp³-hybridized carbons (Fsp3) is 1.00. The van der Waals surface area contributed by atoms with E-state index in [1.165, 1.54) is 148 Å². The van der Waals surface area contributed by atoms with Crippen LogP contribution in [0.2, 0.25) is 0 Å². The van der Waals surface area contributed by atoms with Crippen molar-refractivity contribution in [3.05, 3.63) is 0 Å². The van der Waals surface area contributed by atoms with Crippen LogP contribution in [0.25, 0.3) is 0 Å². The Morgan fingerprint density at radius 3 is 1.00 bits per heavy atom. The van der Waals surface area contributed by atoms with E-state index in [1.54, 1.807) is 0 Å². The van der Waals surface area contributed by atoms with Crippen LogP contribution in [0.4, 0.5) is 0 Å². The minimum absolute atomic E-state index is 0.372. The third-order valence-corrected chi connectivity index (χ3v) is 5.97.